The number of esters is 1. The molecule has 0 fully saturated rings. The fourth-order valence-electron chi connectivity index (χ4n) is 4.82. The van der Waals surface area contributed by atoms with Crippen molar-refractivity contribution in [3.63, 3.8) is 0 Å². The van der Waals surface area contributed by atoms with Gasteiger partial charge in [-0.05, 0) is 29.2 Å². The molecule has 39 heavy (non-hydrogen) atoms. The Bertz CT molecular complexity index is 1520. The predicted molar refractivity (Wildman–Crippen MR) is 140 cm³/mol. The molecule has 5 rings (SSSR count). The fraction of sp³-hybridized carbons (Fsp3) is 0.167. The second-order valence-electron chi connectivity index (χ2n) is 8.99. The number of rotatable bonds is 8. The molecule has 0 saturated heterocycles. The van der Waals surface area contributed by atoms with Gasteiger partial charge in [-0.15, -0.1) is 0 Å². The van der Waals surface area contributed by atoms with Gasteiger partial charge in [-0.25, -0.2) is 9.78 Å². The van der Waals surface area contributed by atoms with Crippen LogP contribution in [0.4, 0.5) is 13.2 Å². The standard InChI is InChI=1S/C30H25F3N4O2/c1-2-16-39-28(38)27-34-19-25(36-27)24-18-35-37-26(24)29(20-10-5-3-6-11-20,21-12-7-4-8-13-21)22-14-9-15-23(17-22)30(31,32)33/h3-15,17-19H,2,16H2,1H3,(H,34,36)(H,35,37). The van der Waals surface area contributed by atoms with Gasteiger partial charge in [0.05, 0.1) is 35.2 Å². The van der Waals surface area contributed by atoms with Crippen molar-refractivity contribution in [2.24, 2.45) is 0 Å². The number of halogens is 3. The number of benzene rings is 3. The minimum atomic E-state index is -4.54. The summed E-state index contributed by atoms with van der Waals surface area (Å²) in [7, 11) is 0. The van der Waals surface area contributed by atoms with Gasteiger partial charge in [-0.2, -0.15) is 18.3 Å². The first-order valence-electron chi connectivity index (χ1n) is 12.4. The van der Waals surface area contributed by atoms with Crippen molar-refractivity contribution >= 4 is 5.97 Å². The van der Waals surface area contributed by atoms with Crippen LogP contribution in [0.5, 0.6) is 0 Å². The van der Waals surface area contributed by atoms with E-state index in [4.69, 9.17) is 4.74 Å². The van der Waals surface area contributed by atoms with E-state index in [1.807, 2.05) is 67.6 Å². The maximum absolute atomic E-state index is 13.9. The van der Waals surface area contributed by atoms with Crippen LogP contribution >= 0.6 is 0 Å². The van der Waals surface area contributed by atoms with E-state index in [0.717, 1.165) is 6.07 Å². The fourth-order valence-corrected chi connectivity index (χ4v) is 4.82. The molecule has 6 nitrogen and oxygen atoms in total. The second-order valence-corrected chi connectivity index (χ2v) is 8.99. The lowest BCUT2D eigenvalue weighted by Gasteiger charge is -2.35. The lowest BCUT2D eigenvalue weighted by molar-refractivity contribution is -0.137. The Kier molecular flexibility index (Phi) is 7.06. The van der Waals surface area contributed by atoms with Gasteiger partial charge >= 0.3 is 12.1 Å². The van der Waals surface area contributed by atoms with Gasteiger partial charge in [0.15, 0.2) is 0 Å². The zero-order valence-corrected chi connectivity index (χ0v) is 21.0. The summed E-state index contributed by atoms with van der Waals surface area (Å²) >= 11 is 0. The zero-order valence-electron chi connectivity index (χ0n) is 21.0. The number of H-pyrrole nitrogens is 2. The van der Waals surface area contributed by atoms with Gasteiger partial charge in [0.25, 0.3) is 0 Å². The van der Waals surface area contributed by atoms with Crippen molar-refractivity contribution in [3.05, 3.63) is 131 Å². The number of hydrogen-bond acceptors (Lipinski definition) is 4. The Morgan fingerprint density at radius 3 is 2.10 bits per heavy atom. The summed E-state index contributed by atoms with van der Waals surface area (Å²) in [6.45, 7) is 2.14. The van der Waals surface area contributed by atoms with Gasteiger partial charge in [-0.1, -0.05) is 85.8 Å². The second kappa shape index (κ2) is 10.6. The number of imidazole rings is 1. The normalized spacial score (nSPS) is 11.9. The average Bonchev–Trinajstić information content (AvgIpc) is 3.64. The third-order valence-corrected chi connectivity index (χ3v) is 6.53. The van der Waals surface area contributed by atoms with Crippen molar-refractivity contribution in [2.75, 3.05) is 6.61 Å². The molecular weight excluding hydrogens is 505 g/mol. The number of ether oxygens (including phenoxy) is 1. The predicted octanol–water partition coefficient (Wildman–Crippen LogP) is 6.77. The van der Waals surface area contributed by atoms with Crippen molar-refractivity contribution in [3.8, 4) is 11.3 Å². The third kappa shape index (κ3) is 4.83. The highest BCUT2D eigenvalue weighted by Crippen LogP contribution is 2.48. The molecule has 5 aromatic rings. The lowest BCUT2D eigenvalue weighted by Crippen LogP contribution is -2.32. The summed E-state index contributed by atoms with van der Waals surface area (Å²) in [6, 6.07) is 23.8. The summed E-state index contributed by atoms with van der Waals surface area (Å²) in [5, 5.41) is 7.51. The Hall–Kier alpha value is -4.66. The van der Waals surface area contributed by atoms with E-state index in [1.165, 1.54) is 18.3 Å². The van der Waals surface area contributed by atoms with Gasteiger partial charge < -0.3 is 9.72 Å². The molecule has 0 aliphatic carbocycles. The van der Waals surface area contributed by atoms with Gasteiger partial charge in [-0.3, -0.25) is 5.10 Å². The molecule has 3 aromatic carbocycles. The van der Waals surface area contributed by atoms with Crippen LogP contribution in [0.1, 0.15) is 51.9 Å². The third-order valence-electron chi connectivity index (χ3n) is 6.53. The summed E-state index contributed by atoms with van der Waals surface area (Å²) in [5.41, 5.74) is 1.23. The zero-order chi connectivity index (χ0) is 27.5. The van der Waals surface area contributed by atoms with Crippen LogP contribution in [0.3, 0.4) is 0 Å². The van der Waals surface area contributed by atoms with E-state index in [2.05, 4.69) is 20.2 Å². The van der Waals surface area contributed by atoms with Crippen molar-refractivity contribution in [1.29, 1.82) is 0 Å². The summed E-state index contributed by atoms with van der Waals surface area (Å²) in [5.74, 6) is -0.571. The molecule has 2 N–H and O–H groups in total. The minimum absolute atomic E-state index is 0.0229. The van der Waals surface area contributed by atoms with Crippen LogP contribution in [0, 0.1) is 0 Å². The van der Waals surface area contributed by atoms with Crippen LogP contribution in [-0.2, 0) is 16.3 Å². The maximum Gasteiger partial charge on any atom is 0.416 e. The van der Waals surface area contributed by atoms with E-state index < -0.39 is 23.1 Å². The molecule has 0 saturated carbocycles. The first-order chi connectivity index (χ1) is 18.9. The highest BCUT2D eigenvalue weighted by atomic mass is 19.4. The van der Waals surface area contributed by atoms with Gasteiger partial charge in [0, 0.05) is 11.8 Å². The van der Waals surface area contributed by atoms with Crippen molar-refractivity contribution in [2.45, 2.75) is 24.9 Å². The number of carbonyl (C=O) groups is 1. The number of nitrogens with zero attached hydrogens (tertiary/aromatic N) is 2. The number of nitrogens with one attached hydrogen (secondary N) is 2. The largest absolute Gasteiger partial charge is 0.460 e. The molecule has 0 radical (unpaired) electrons. The van der Waals surface area contributed by atoms with Crippen LogP contribution in [-0.4, -0.2) is 32.7 Å². The molecule has 0 bridgehead atoms. The highest BCUT2D eigenvalue weighted by Gasteiger charge is 2.44. The molecule has 2 aromatic heterocycles. The molecule has 0 spiro atoms. The summed E-state index contributed by atoms with van der Waals surface area (Å²) < 4.78 is 47.0. The van der Waals surface area contributed by atoms with Gasteiger partial charge in [0.2, 0.25) is 5.82 Å². The number of aromatic amines is 2. The molecule has 0 unspecified atom stereocenters. The summed E-state index contributed by atoms with van der Waals surface area (Å²) in [6.07, 6.45) is -0.748. The van der Waals surface area contributed by atoms with Crippen LogP contribution in [0.15, 0.2) is 97.3 Å². The first-order valence-corrected chi connectivity index (χ1v) is 12.4. The Morgan fingerprint density at radius 1 is 0.872 bits per heavy atom. The van der Waals surface area contributed by atoms with Crippen LogP contribution in [0.2, 0.25) is 0 Å². The maximum atomic E-state index is 13.9. The molecule has 0 atom stereocenters. The van der Waals surface area contributed by atoms with E-state index in [9.17, 15) is 18.0 Å². The molecule has 0 amide bonds. The van der Waals surface area contributed by atoms with Crippen molar-refractivity contribution < 1.29 is 22.7 Å². The molecule has 0 aliphatic heterocycles. The smallest absolute Gasteiger partial charge is 0.416 e. The molecule has 9 heteroatoms. The summed E-state index contributed by atoms with van der Waals surface area (Å²) in [4.78, 5) is 19.6. The van der Waals surface area contributed by atoms with E-state index in [-0.39, 0.29) is 12.4 Å². The quantitative estimate of drug-likeness (QED) is 0.171. The SMILES string of the molecule is CCCOC(=O)c1ncc(-c2c[nH]nc2C(c2ccccc2)(c2ccccc2)c2cccc(C(F)(F)F)c2)[nH]1. The number of carbonyl (C=O) groups excluding carboxylic acids is 1. The number of aromatic nitrogens is 4. The first kappa shape index (κ1) is 26.0. The van der Waals surface area contributed by atoms with E-state index in [1.54, 1.807) is 12.3 Å². The number of hydrogen-bond donors (Lipinski definition) is 2. The van der Waals surface area contributed by atoms with Crippen molar-refractivity contribution in [1.82, 2.24) is 20.2 Å². The molecular formula is C30H25F3N4O2. The monoisotopic (exact) mass is 530 g/mol. The molecule has 0 aliphatic rings. The molecule has 198 valence electrons. The van der Waals surface area contributed by atoms with Gasteiger partial charge in [0.1, 0.15) is 0 Å². The van der Waals surface area contributed by atoms with Crippen LogP contribution in [0.25, 0.3) is 11.3 Å². The Labute approximate surface area is 222 Å². The lowest BCUT2D eigenvalue weighted by atomic mass is 9.66. The van der Waals surface area contributed by atoms with E-state index in [0.29, 0.717) is 40.1 Å². The molecule has 2 heterocycles. The minimum Gasteiger partial charge on any atom is -0.460 e. The Morgan fingerprint density at radius 2 is 1.49 bits per heavy atom. The average molecular weight is 531 g/mol. The number of alkyl halides is 3. The Balaban J connectivity index is 1.79. The van der Waals surface area contributed by atoms with Crippen LogP contribution < -0.4 is 0 Å². The topological polar surface area (TPSA) is 83.7 Å². The highest BCUT2D eigenvalue weighted by molar-refractivity contribution is 5.86. The van der Waals surface area contributed by atoms with E-state index >= 15 is 0 Å².